The minimum atomic E-state index is -0.351. The molecule has 1 aliphatic heterocycles. The Morgan fingerprint density at radius 1 is 1.21 bits per heavy atom. The zero-order valence-corrected chi connectivity index (χ0v) is 13.8. The zero-order chi connectivity index (χ0) is 17.1. The predicted molar refractivity (Wildman–Crippen MR) is 87.5 cm³/mol. The van der Waals surface area contributed by atoms with Crippen molar-refractivity contribution in [1.82, 2.24) is 14.9 Å². The molecule has 1 fully saturated rings. The molecule has 0 radical (unpaired) electrons. The van der Waals surface area contributed by atoms with Gasteiger partial charge in [-0.3, -0.25) is 4.79 Å². The number of rotatable bonds is 3. The fraction of sp³-hybridized carbons (Fsp3) is 0.389. The molecule has 0 aliphatic carbocycles. The third-order valence-corrected chi connectivity index (χ3v) is 4.18. The molecule has 1 aromatic carbocycles. The topological polar surface area (TPSA) is 55.3 Å². The molecule has 1 aromatic heterocycles. The summed E-state index contributed by atoms with van der Waals surface area (Å²) in [6.07, 6.45) is 4.83. The van der Waals surface area contributed by atoms with E-state index in [0.29, 0.717) is 43.1 Å². The summed E-state index contributed by atoms with van der Waals surface area (Å²) in [6.45, 7) is 4.75. The Morgan fingerprint density at radius 3 is 2.50 bits per heavy atom. The molecule has 6 heteroatoms. The summed E-state index contributed by atoms with van der Waals surface area (Å²) < 4.78 is 19.4. The van der Waals surface area contributed by atoms with E-state index < -0.39 is 0 Å². The number of likely N-dealkylation sites (tertiary alicyclic amines) is 1. The number of amides is 1. The summed E-state index contributed by atoms with van der Waals surface area (Å²) in [5, 5.41) is 0. The first-order valence-corrected chi connectivity index (χ1v) is 8.03. The van der Waals surface area contributed by atoms with Crippen molar-refractivity contribution in [2.24, 2.45) is 0 Å². The van der Waals surface area contributed by atoms with Crippen molar-refractivity contribution in [1.29, 1.82) is 0 Å². The molecule has 0 spiro atoms. The number of nitrogens with zero attached hydrogens (tertiary/aromatic N) is 3. The number of aryl methyl sites for hydroxylation is 2. The van der Waals surface area contributed by atoms with E-state index in [-0.39, 0.29) is 17.8 Å². The van der Waals surface area contributed by atoms with E-state index in [2.05, 4.69) is 9.97 Å². The fourth-order valence-corrected chi connectivity index (χ4v) is 2.68. The standard InChI is InChI=1S/C18H20FN3O2/c1-12-10-20-18(21-11-12)24-15-5-7-22(8-6-15)17(23)14-4-3-13(2)16(19)9-14/h3-4,9-11,15H,5-8H2,1-2H3. The average Bonchev–Trinajstić information content (AvgIpc) is 2.59. The molecule has 0 saturated carbocycles. The SMILES string of the molecule is Cc1cnc(OC2CCN(C(=O)c3ccc(C)c(F)c3)CC2)nc1. The summed E-state index contributed by atoms with van der Waals surface area (Å²) in [4.78, 5) is 22.5. The number of aromatic nitrogens is 2. The van der Waals surface area contributed by atoms with Gasteiger partial charge in [0.2, 0.25) is 0 Å². The quantitative estimate of drug-likeness (QED) is 0.869. The van der Waals surface area contributed by atoms with Gasteiger partial charge in [0, 0.05) is 43.9 Å². The van der Waals surface area contributed by atoms with Crippen LogP contribution in [0.25, 0.3) is 0 Å². The van der Waals surface area contributed by atoms with E-state index in [1.807, 2.05) is 6.92 Å². The Balaban J connectivity index is 1.57. The highest BCUT2D eigenvalue weighted by atomic mass is 19.1. The van der Waals surface area contributed by atoms with Crippen LogP contribution in [0.5, 0.6) is 6.01 Å². The number of benzene rings is 1. The van der Waals surface area contributed by atoms with Crippen LogP contribution >= 0.6 is 0 Å². The second-order valence-corrected chi connectivity index (χ2v) is 6.12. The Kier molecular flexibility index (Phi) is 4.74. The number of hydrogen-bond donors (Lipinski definition) is 0. The maximum Gasteiger partial charge on any atom is 0.316 e. The summed E-state index contributed by atoms with van der Waals surface area (Å²) in [5.74, 6) is -0.491. The Labute approximate surface area is 140 Å². The lowest BCUT2D eigenvalue weighted by atomic mass is 10.1. The van der Waals surface area contributed by atoms with Gasteiger partial charge in [-0.15, -0.1) is 0 Å². The summed E-state index contributed by atoms with van der Waals surface area (Å²) in [6, 6.07) is 4.97. The molecular weight excluding hydrogens is 309 g/mol. The molecule has 0 unspecified atom stereocenters. The second kappa shape index (κ2) is 6.95. The van der Waals surface area contributed by atoms with Crippen LogP contribution in [0.4, 0.5) is 4.39 Å². The highest BCUT2D eigenvalue weighted by Gasteiger charge is 2.25. The van der Waals surface area contributed by atoms with Gasteiger partial charge in [0.05, 0.1) is 0 Å². The molecule has 126 valence electrons. The number of hydrogen-bond acceptors (Lipinski definition) is 4. The van der Waals surface area contributed by atoms with Gasteiger partial charge in [-0.05, 0) is 37.1 Å². The second-order valence-electron chi connectivity index (χ2n) is 6.12. The highest BCUT2D eigenvalue weighted by Crippen LogP contribution is 2.19. The summed E-state index contributed by atoms with van der Waals surface area (Å²) in [7, 11) is 0. The van der Waals surface area contributed by atoms with Crippen LogP contribution < -0.4 is 4.74 Å². The van der Waals surface area contributed by atoms with E-state index in [0.717, 1.165) is 5.56 Å². The zero-order valence-electron chi connectivity index (χ0n) is 13.8. The summed E-state index contributed by atoms with van der Waals surface area (Å²) in [5.41, 5.74) is 1.91. The van der Waals surface area contributed by atoms with Crippen LogP contribution in [0.2, 0.25) is 0 Å². The van der Waals surface area contributed by atoms with Crippen LogP contribution in [0.1, 0.15) is 34.3 Å². The molecule has 1 amide bonds. The van der Waals surface area contributed by atoms with Crippen LogP contribution in [-0.2, 0) is 0 Å². The predicted octanol–water partition coefficient (Wildman–Crippen LogP) is 2.92. The number of carbonyl (C=O) groups is 1. The van der Waals surface area contributed by atoms with Crippen molar-refractivity contribution in [3.8, 4) is 6.01 Å². The van der Waals surface area contributed by atoms with Crippen LogP contribution in [0, 0.1) is 19.7 Å². The Hall–Kier alpha value is -2.50. The first kappa shape index (κ1) is 16.4. The maximum atomic E-state index is 13.6. The molecule has 1 saturated heterocycles. The van der Waals surface area contributed by atoms with E-state index >= 15 is 0 Å². The molecule has 1 aliphatic rings. The molecule has 24 heavy (non-hydrogen) atoms. The van der Waals surface area contributed by atoms with E-state index in [1.54, 1.807) is 36.4 Å². The Bertz CT molecular complexity index is 726. The minimum Gasteiger partial charge on any atom is -0.460 e. The van der Waals surface area contributed by atoms with Gasteiger partial charge in [0.15, 0.2) is 0 Å². The van der Waals surface area contributed by atoms with Crippen LogP contribution in [0.3, 0.4) is 0 Å². The normalized spacial score (nSPS) is 15.4. The lowest BCUT2D eigenvalue weighted by Gasteiger charge is -2.31. The van der Waals surface area contributed by atoms with Gasteiger partial charge >= 0.3 is 6.01 Å². The van der Waals surface area contributed by atoms with Crippen molar-refractivity contribution in [3.63, 3.8) is 0 Å². The molecule has 2 heterocycles. The average molecular weight is 329 g/mol. The highest BCUT2D eigenvalue weighted by molar-refractivity contribution is 5.94. The van der Waals surface area contributed by atoms with Crippen molar-refractivity contribution in [2.45, 2.75) is 32.8 Å². The molecule has 3 rings (SSSR count). The number of carbonyl (C=O) groups excluding carboxylic acids is 1. The lowest BCUT2D eigenvalue weighted by Crippen LogP contribution is -2.42. The number of halogens is 1. The fourth-order valence-electron chi connectivity index (χ4n) is 2.68. The van der Waals surface area contributed by atoms with Crippen molar-refractivity contribution < 1.29 is 13.9 Å². The minimum absolute atomic E-state index is 0.00786. The number of piperidine rings is 1. The molecule has 0 atom stereocenters. The van der Waals surface area contributed by atoms with Crippen LogP contribution in [-0.4, -0.2) is 40.0 Å². The van der Waals surface area contributed by atoms with Gasteiger partial charge in [-0.1, -0.05) is 6.07 Å². The van der Waals surface area contributed by atoms with Crippen LogP contribution in [0.15, 0.2) is 30.6 Å². The summed E-state index contributed by atoms with van der Waals surface area (Å²) >= 11 is 0. The molecular formula is C18H20FN3O2. The van der Waals surface area contributed by atoms with Crippen molar-refractivity contribution in [2.75, 3.05) is 13.1 Å². The lowest BCUT2D eigenvalue weighted by molar-refractivity contribution is 0.0578. The van der Waals surface area contributed by atoms with E-state index in [1.165, 1.54) is 6.07 Å². The van der Waals surface area contributed by atoms with Crippen molar-refractivity contribution in [3.05, 3.63) is 53.1 Å². The van der Waals surface area contributed by atoms with Gasteiger partial charge in [0.25, 0.3) is 5.91 Å². The first-order chi connectivity index (χ1) is 11.5. The van der Waals surface area contributed by atoms with Crippen molar-refractivity contribution >= 4 is 5.91 Å². The molecule has 0 N–H and O–H groups in total. The smallest absolute Gasteiger partial charge is 0.316 e. The molecule has 0 bridgehead atoms. The number of ether oxygens (including phenoxy) is 1. The maximum absolute atomic E-state index is 13.6. The molecule has 2 aromatic rings. The third kappa shape index (κ3) is 3.69. The van der Waals surface area contributed by atoms with Gasteiger partial charge in [-0.25, -0.2) is 14.4 Å². The van der Waals surface area contributed by atoms with E-state index in [4.69, 9.17) is 4.74 Å². The molecule has 5 nitrogen and oxygen atoms in total. The monoisotopic (exact) mass is 329 g/mol. The third-order valence-electron chi connectivity index (χ3n) is 4.18. The van der Waals surface area contributed by atoms with E-state index in [9.17, 15) is 9.18 Å². The first-order valence-electron chi connectivity index (χ1n) is 8.03. The van der Waals surface area contributed by atoms with Gasteiger partial charge in [-0.2, -0.15) is 0 Å². The largest absolute Gasteiger partial charge is 0.460 e. The Morgan fingerprint density at radius 2 is 1.88 bits per heavy atom. The van der Waals surface area contributed by atoms with Gasteiger partial charge in [0.1, 0.15) is 11.9 Å². The van der Waals surface area contributed by atoms with Gasteiger partial charge < -0.3 is 9.64 Å².